The Morgan fingerprint density at radius 2 is 1.95 bits per heavy atom. The van der Waals surface area contributed by atoms with Crippen LogP contribution >= 0.6 is 0 Å². The van der Waals surface area contributed by atoms with Crippen molar-refractivity contribution < 1.29 is 19.2 Å². The minimum atomic E-state index is -0.961. The average Bonchev–Trinajstić information content (AvgIpc) is 2.66. The van der Waals surface area contributed by atoms with Crippen molar-refractivity contribution >= 4 is 24.5 Å². The van der Waals surface area contributed by atoms with Gasteiger partial charge in [0.25, 0.3) is 0 Å². The molecule has 2 aliphatic heterocycles. The van der Waals surface area contributed by atoms with Gasteiger partial charge in [-0.3, -0.25) is 4.90 Å². The highest BCUT2D eigenvalue weighted by Crippen LogP contribution is 2.36. The quantitative estimate of drug-likeness (QED) is 0.801. The first-order valence-corrected chi connectivity index (χ1v) is 7.56. The number of anilines is 1. The molecule has 2 aliphatic rings. The van der Waals surface area contributed by atoms with E-state index in [1.807, 2.05) is 33.8 Å². The highest BCUT2D eigenvalue weighted by Gasteiger charge is 2.52. The number of nitrogens with zero attached hydrogens (tertiary/aromatic N) is 2. The van der Waals surface area contributed by atoms with Crippen molar-refractivity contribution in [2.75, 3.05) is 11.4 Å². The number of fused-ring (bicyclic) bond motifs is 1. The Bertz CT molecular complexity index is 602. The van der Waals surface area contributed by atoms with Gasteiger partial charge in [-0.15, -0.1) is 0 Å². The standard InChI is InChI=1S/C15H21BN2O4/c1-14(2)15(3,4)22-16(21-14)11-8-10-6-5-7-18(13(19)20)12(10)17-9-11/h8-9H,5-7H2,1-4H3,(H,19,20). The molecule has 7 heteroatoms. The molecule has 1 aromatic rings. The van der Waals surface area contributed by atoms with Crippen LogP contribution in [-0.4, -0.2) is 41.0 Å². The van der Waals surface area contributed by atoms with Crippen molar-refractivity contribution in [1.29, 1.82) is 0 Å². The van der Waals surface area contributed by atoms with Crippen LogP contribution in [0.1, 0.15) is 39.7 Å². The predicted octanol–water partition coefficient (Wildman–Crippen LogP) is 1.81. The normalized spacial score (nSPS) is 22.5. The van der Waals surface area contributed by atoms with Gasteiger partial charge < -0.3 is 14.4 Å². The van der Waals surface area contributed by atoms with Crippen LogP contribution in [0, 0.1) is 0 Å². The molecule has 0 aliphatic carbocycles. The second-order valence-electron chi connectivity index (χ2n) is 6.88. The van der Waals surface area contributed by atoms with E-state index in [-0.39, 0.29) is 0 Å². The summed E-state index contributed by atoms with van der Waals surface area (Å²) in [6.07, 6.45) is 2.31. The molecule has 3 heterocycles. The fourth-order valence-corrected chi connectivity index (χ4v) is 2.78. The van der Waals surface area contributed by atoms with Gasteiger partial charge in [-0.05, 0) is 46.1 Å². The molecule has 1 aromatic heterocycles. The van der Waals surface area contributed by atoms with E-state index in [2.05, 4.69) is 4.98 Å². The van der Waals surface area contributed by atoms with Gasteiger partial charge in [-0.2, -0.15) is 0 Å². The summed E-state index contributed by atoms with van der Waals surface area (Å²) >= 11 is 0. The first-order chi connectivity index (χ1) is 10.2. The number of carbonyl (C=O) groups is 1. The average molecular weight is 304 g/mol. The predicted molar refractivity (Wildman–Crippen MR) is 83.6 cm³/mol. The van der Waals surface area contributed by atoms with E-state index in [1.165, 1.54) is 4.90 Å². The maximum atomic E-state index is 11.3. The largest absolute Gasteiger partial charge is 0.496 e. The van der Waals surface area contributed by atoms with Gasteiger partial charge in [0.15, 0.2) is 0 Å². The lowest BCUT2D eigenvalue weighted by molar-refractivity contribution is 0.00578. The number of carboxylic acid groups (broad SMARTS) is 1. The van der Waals surface area contributed by atoms with Crippen LogP contribution in [0.25, 0.3) is 0 Å². The van der Waals surface area contributed by atoms with E-state index in [9.17, 15) is 9.90 Å². The molecule has 0 unspecified atom stereocenters. The number of pyridine rings is 1. The van der Waals surface area contributed by atoms with Crippen LogP contribution in [0.3, 0.4) is 0 Å². The zero-order valence-corrected chi connectivity index (χ0v) is 13.4. The van der Waals surface area contributed by atoms with Crippen LogP contribution in [0.15, 0.2) is 12.3 Å². The maximum absolute atomic E-state index is 11.3. The van der Waals surface area contributed by atoms with Crippen molar-refractivity contribution in [3.05, 3.63) is 17.8 Å². The molecule has 0 radical (unpaired) electrons. The molecule has 0 saturated carbocycles. The van der Waals surface area contributed by atoms with Gasteiger partial charge in [0.05, 0.1) is 11.2 Å². The number of hydrogen-bond acceptors (Lipinski definition) is 4. The van der Waals surface area contributed by atoms with Crippen molar-refractivity contribution in [3.63, 3.8) is 0 Å². The van der Waals surface area contributed by atoms with E-state index in [4.69, 9.17) is 9.31 Å². The third kappa shape index (κ3) is 2.38. The Morgan fingerprint density at radius 1 is 1.32 bits per heavy atom. The lowest BCUT2D eigenvalue weighted by Gasteiger charge is -2.32. The molecule has 22 heavy (non-hydrogen) atoms. The van der Waals surface area contributed by atoms with E-state index in [0.29, 0.717) is 12.4 Å². The Balaban J connectivity index is 1.91. The number of aryl methyl sites for hydroxylation is 1. The van der Waals surface area contributed by atoms with Crippen LogP contribution < -0.4 is 10.4 Å². The summed E-state index contributed by atoms with van der Waals surface area (Å²) in [5.41, 5.74) is 0.965. The first kappa shape index (κ1) is 15.3. The zero-order chi connectivity index (χ0) is 16.1. The molecule has 0 atom stereocenters. The van der Waals surface area contributed by atoms with Crippen LogP contribution in [0.5, 0.6) is 0 Å². The Hall–Kier alpha value is -1.60. The zero-order valence-electron chi connectivity index (χ0n) is 13.4. The van der Waals surface area contributed by atoms with Gasteiger partial charge in [0, 0.05) is 18.2 Å². The summed E-state index contributed by atoms with van der Waals surface area (Å²) in [6.45, 7) is 8.51. The lowest BCUT2D eigenvalue weighted by atomic mass is 9.79. The van der Waals surface area contributed by atoms with Gasteiger partial charge in [-0.1, -0.05) is 6.07 Å². The summed E-state index contributed by atoms with van der Waals surface area (Å²) in [5.74, 6) is 0.527. The smallest absolute Gasteiger partial charge is 0.465 e. The Kier molecular flexibility index (Phi) is 3.45. The molecule has 3 rings (SSSR count). The highest BCUT2D eigenvalue weighted by molar-refractivity contribution is 6.62. The Morgan fingerprint density at radius 3 is 2.55 bits per heavy atom. The molecule has 0 aromatic carbocycles. The van der Waals surface area contributed by atoms with Crippen LogP contribution in [-0.2, 0) is 15.7 Å². The molecule has 6 nitrogen and oxygen atoms in total. The van der Waals surface area contributed by atoms with E-state index < -0.39 is 24.4 Å². The molecule has 0 spiro atoms. The van der Waals surface area contributed by atoms with Crippen LogP contribution in [0.2, 0.25) is 0 Å². The topological polar surface area (TPSA) is 71.9 Å². The van der Waals surface area contributed by atoms with Crippen LogP contribution in [0.4, 0.5) is 10.6 Å². The lowest BCUT2D eigenvalue weighted by Crippen LogP contribution is -2.41. The molecule has 118 valence electrons. The number of hydrogen-bond donors (Lipinski definition) is 1. The van der Waals surface area contributed by atoms with Gasteiger partial charge in [0.1, 0.15) is 5.82 Å². The van der Waals surface area contributed by atoms with Crippen molar-refractivity contribution in [1.82, 2.24) is 4.98 Å². The van der Waals surface area contributed by atoms with Crippen molar-refractivity contribution in [3.8, 4) is 0 Å². The van der Waals surface area contributed by atoms with E-state index >= 15 is 0 Å². The monoisotopic (exact) mass is 304 g/mol. The SMILES string of the molecule is CC1(C)OB(c2cnc3c(c2)CCCN3C(=O)O)OC1(C)C. The molecule has 1 fully saturated rings. The maximum Gasteiger partial charge on any atom is 0.496 e. The molecular formula is C15H21BN2O4. The summed E-state index contributed by atoms with van der Waals surface area (Å²) < 4.78 is 12.0. The summed E-state index contributed by atoms with van der Waals surface area (Å²) in [7, 11) is -0.469. The number of amides is 1. The number of aromatic nitrogens is 1. The summed E-state index contributed by atoms with van der Waals surface area (Å²) in [6, 6.07) is 1.96. The summed E-state index contributed by atoms with van der Waals surface area (Å²) in [5, 5.41) is 9.24. The van der Waals surface area contributed by atoms with Gasteiger partial charge in [0.2, 0.25) is 0 Å². The molecule has 1 N–H and O–H groups in total. The second kappa shape index (κ2) is 4.96. The number of rotatable bonds is 1. The molecule has 0 bridgehead atoms. The summed E-state index contributed by atoms with van der Waals surface area (Å²) in [4.78, 5) is 16.9. The third-order valence-corrected chi connectivity index (χ3v) is 4.80. The molecule has 1 saturated heterocycles. The minimum absolute atomic E-state index is 0.402. The molecular weight excluding hydrogens is 283 g/mol. The third-order valence-electron chi connectivity index (χ3n) is 4.80. The molecule has 1 amide bonds. The highest BCUT2D eigenvalue weighted by atomic mass is 16.7. The Labute approximate surface area is 130 Å². The first-order valence-electron chi connectivity index (χ1n) is 7.56. The van der Waals surface area contributed by atoms with E-state index in [0.717, 1.165) is 23.9 Å². The van der Waals surface area contributed by atoms with Crippen molar-refractivity contribution in [2.24, 2.45) is 0 Å². The second-order valence-corrected chi connectivity index (χ2v) is 6.88. The van der Waals surface area contributed by atoms with Crippen molar-refractivity contribution in [2.45, 2.75) is 51.7 Å². The fourth-order valence-electron chi connectivity index (χ4n) is 2.78. The van der Waals surface area contributed by atoms with Gasteiger partial charge >= 0.3 is 13.2 Å². The van der Waals surface area contributed by atoms with E-state index in [1.54, 1.807) is 6.20 Å². The van der Waals surface area contributed by atoms with Gasteiger partial charge in [-0.25, -0.2) is 9.78 Å². The fraction of sp³-hybridized carbons (Fsp3) is 0.600. The minimum Gasteiger partial charge on any atom is -0.465 e.